The van der Waals surface area contributed by atoms with Crippen molar-refractivity contribution < 1.29 is 4.42 Å². The molecule has 1 N–H and O–H groups in total. The van der Waals surface area contributed by atoms with E-state index in [9.17, 15) is 4.79 Å². The van der Waals surface area contributed by atoms with Gasteiger partial charge < -0.3 is 9.73 Å². The number of anilines is 1. The summed E-state index contributed by atoms with van der Waals surface area (Å²) in [5.74, 6) is 0. The Hall–Kier alpha value is -1.77. The lowest BCUT2D eigenvalue weighted by molar-refractivity contribution is 0.555. The Kier molecular flexibility index (Phi) is 2.00. The van der Waals surface area contributed by atoms with Gasteiger partial charge in [0.2, 0.25) is 0 Å². The van der Waals surface area contributed by atoms with Crippen LogP contribution in [0.3, 0.4) is 0 Å². The first-order chi connectivity index (χ1) is 6.70. The van der Waals surface area contributed by atoms with Crippen molar-refractivity contribution in [2.75, 3.05) is 12.4 Å². The third kappa shape index (κ3) is 1.37. The van der Waals surface area contributed by atoms with Crippen LogP contribution >= 0.6 is 0 Å². The van der Waals surface area contributed by atoms with Gasteiger partial charge in [-0.25, -0.2) is 4.79 Å². The van der Waals surface area contributed by atoms with Crippen molar-refractivity contribution in [2.45, 2.75) is 6.92 Å². The summed E-state index contributed by atoms with van der Waals surface area (Å²) < 4.78 is 5.14. The number of hydrogen-bond acceptors (Lipinski definition) is 3. The summed E-state index contributed by atoms with van der Waals surface area (Å²) in [6, 6.07) is 7.52. The molecular formula is C11H11NO2. The average Bonchev–Trinajstić information content (AvgIpc) is 2.19. The average molecular weight is 189 g/mol. The number of aryl methyl sites for hydroxylation is 1. The molecule has 1 heterocycles. The molecule has 2 rings (SSSR count). The predicted molar refractivity (Wildman–Crippen MR) is 56.8 cm³/mol. The van der Waals surface area contributed by atoms with Crippen LogP contribution in [0.4, 0.5) is 5.69 Å². The highest BCUT2D eigenvalue weighted by atomic mass is 16.4. The number of hydrogen-bond donors (Lipinski definition) is 1. The first kappa shape index (κ1) is 8.81. The standard InChI is InChI=1S/C11H11NO2/c1-7-5-8-3-4-9(12-2)6-10(8)14-11(7)13/h3-6,12H,1-2H3. The zero-order valence-electron chi connectivity index (χ0n) is 8.13. The fourth-order valence-corrected chi connectivity index (χ4v) is 1.37. The van der Waals surface area contributed by atoms with Gasteiger partial charge in [0, 0.05) is 29.8 Å². The molecule has 0 amide bonds. The molecule has 0 aliphatic rings. The largest absolute Gasteiger partial charge is 0.422 e. The summed E-state index contributed by atoms with van der Waals surface area (Å²) in [6.45, 7) is 1.75. The molecule has 0 spiro atoms. The molecule has 0 aliphatic carbocycles. The second kappa shape index (κ2) is 3.18. The minimum Gasteiger partial charge on any atom is -0.422 e. The van der Waals surface area contributed by atoms with E-state index in [1.807, 2.05) is 31.3 Å². The van der Waals surface area contributed by atoms with Gasteiger partial charge in [0.15, 0.2) is 0 Å². The fraction of sp³-hybridized carbons (Fsp3) is 0.182. The lowest BCUT2D eigenvalue weighted by Gasteiger charge is -2.01. The SMILES string of the molecule is CNc1ccc2cc(C)c(=O)oc2c1. The summed E-state index contributed by atoms with van der Waals surface area (Å²) in [7, 11) is 1.83. The minimum absolute atomic E-state index is 0.272. The first-order valence-corrected chi connectivity index (χ1v) is 4.43. The van der Waals surface area contributed by atoms with Gasteiger partial charge in [0.25, 0.3) is 0 Å². The van der Waals surface area contributed by atoms with E-state index in [1.54, 1.807) is 6.92 Å². The molecule has 0 saturated carbocycles. The molecule has 0 saturated heterocycles. The zero-order chi connectivity index (χ0) is 10.1. The lowest BCUT2D eigenvalue weighted by atomic mass is 10.2. The molecule has 2 aromatic rings. The number of benzene rings is 1. The molecule has 14 heavy (non-hydrogen) atoms. The van der Waals surface area contributed by atoms with Crippen LogP contribution < -0.4 is 10.9 Å². The highest BCUT2D eigenvalue weighted by molar-refractivity contribution is 5.80. The second-order valence-corrected chi connectivity index (χ2v) is 3.22. The summed E-state index contributed by atoms with van der Waals surface area (Å²) in [6.07, 6.45) is 0. The van der Waals surface area contributed by atoms with Crippen molar-refractivity contribution in [1.29, 1.82) is 0 Å². The summed E-state index contributed by atoms with van der Waals surface area (Å²) in [5, 5.41) is 3.94. The molecule has 0 atom stereocenters. The molecule has 3 heteroatoms. The van der Waals surface area contributed by atoms with Crippen LogP contribution in [0.15, 0.2) is 33.5 Å². The quantitative estimate of drug-likeness (QED) is 0.699. The van der Waals surface area contributed by atoms with E-state index in [4.69, 9.17) is 4.42 Å². The van der Waals surface area contributed by atoms with Crippen molar-refractivity contribution in [3.63, 3.8) is 0 Å². The number of nitrogens with one attached hydrogen (secondary N) is 1. The Labute approximate surface area is 81.4 Å². The Morgan fingerprint density at radius 3 is 2.79 bits per heavy atom. The molecule has 0 aliphatic heterocycles. The normalized spacial score (nSPS) is 10.4. The summed E-state index contributed by atoms with van der Waals surface area (Å²) in [4.78, 5) is 11.2. The van der Waals surface area contributed by atoms with Gasteiger partial charge in [0.05, 0.1) is 0 Å². The zero-order valence-corrected chi connectivity index (χ0v) is 8.13. The Morgan fingerprint density at radius 2 is 2.07 bits per heavy atom. The van der Waals surface area contributed by atoms with Crippen LogP contribution in [0.5, 0.6) is 0 Å². The summed E-state index contributed by atoms with van der Waals surface area (Å²) in [5.41, 5.74) is 1.91. The molecule has 1 aromatic heterocycles. The molecule has 1 aromatic carbocycles. The third-order valence-corrected chi connectivity index (χ3v) is 2.20. The maximum absolute atomic E-state index is 11.2. The highest BCUT2D eigenvalue weighted by Gasteiger charge is 2.01. The van der Waals surface area contributed by atoms with Crippen LogP contribution in [0.1, 0.15) is 5.56 Å². The van der Waals surface area contributed by atoms with E-state index in [2.05, 4.69) is 5.32 Å². The van der Waals surface area contributed by atoms with Crippen LogP contribution in [-0.4, -0.2) is 7.05 Å². The van der Waals surface area contributed by atoms with Crippen molar-refractivity contribution in [3.8, 4) is 0 Å². The van der Waals surface area contributed by atoms with E-state index in [1.165, 1.54) is 0 Å². The molecule has 0 bridgehead atoms. The smallest absolute Gasteiger partial charge is 0.339 e. The van der Waals surface area contributed by atoms with Gasteiger partial charge in [-0.1, -0.05) is 0 Å². The van der Waals surface area contributed by atoms with Gasteiger partial charge in [-0.05, 0) is 25.1 Å². The third-order valence-electron chi connectivity index (χ3n) is 2.20. The van der Waals surface area contributed by atoms with Crippen molar-refractivity contribution in [2.24, 2.45) is 0 Å². The van der Waals surface area contributed by atoms with Gasteiger partial charge in [-0.15, -0.1) is 0 Å². The van der Waals surface area contributed by atoms with Crippen molar-refractivity contribution >= 4 is 16.7 Å². The Morgan fingerprint density at radius 1 is 1.29 bits per heavy atom. The Bertz CT molecular complexity index is 528. The monoisotopic (exact) mass is 189 g/mol. The fourth-order valence-electron chi connectivity index (χ4n) is 1.37. The van der Waals surface area contributed by atoms with Gasteiger partial charge >= 0.3 is 5.63 Å². The maximum atomic E-state index is 11.2. The van der Waals surface area contributed by atoms with Crippen molar-refractivity contribution in [1.82, 2.24) is 0 Å². The van der Waals surface area contributed by atoms with Crippen LogP contribution in [0.2, 0.25) is 0 Å². The van der Waals surface area contributed by atoms with E-state index < -0.39 is 0 Å². The van der Waals surface area contributed by atoms with Crippen LogP contribution in [-0.2, 0) is 0 Å². The first-order valence-electron chi connectivity index (χ1n) is 4.43. The molecule has 0 radical (unpaired) electrons. The van der Waals surface area contributed by atoms with E-state index in [0.717, 1.165) is 11.1 Å². The number of fused-ring (bicyclic) bond motifs is 1. The molecule has 0 fully saturated rings. The highest BCUT2D eigenvalue weighted by Crippen LogP contribution is 2.17. The number of rotatable bonds is 1. The maximum Gasteiger partial charge on any atom is 0.339 e. The van der Waals surface area contributed by atoms with Gasteiger partial charge in [-0.2, -0.15) is 0 Å². The second-order valence-electron chi connectivity index (χ2n) is 3.22. The van der Waals surface area contributed by atoms with E-state index in [-0.39, 0.29) is 5.63 Å². The van der Waals surface area contributed by atoms with Crippen LogP contribution in [0, 0.1) is 6.92 Å². The molecule has 0 unspecified atom stereocenters. The van der Waals surface area contributed by atoms with E-state index >= 15 is 0 Å². The summed E-state index contributed by atoms with van der Waals surface area (Å²) >= 11 is 0. The molecule has 3 nitrogen and oxygen atoms in total. The van der Waals surface area contributed by atoms with Gasteiger partial charge in [0.1, 0.15) is 5.58 Å². The molecular weight excluding hydrogens is 178 g/mol. The Balaban J connectivity index is 2.77. The minimum atomic E-state index is -0.272. The predicted octanol–water partition coefficient (Wildman–Crippen LogP) is 2.14. The van der Waals surface area contributed by atoms with E-state index in [0.29, 0.717) is 11.1 Å². The van der Waals surface area contributed by atoms with Gasteiger partial charge in [-0.3, -0.25) is 0 Å². The topological polar surface area (TPSA) is 42.2 Å². The van der Waals surface area contributed by atoms with Crippen molar-refractivity contribution in [3.05, 3.63) is 40.2 Å². The van der Waals surface area contributed by atoms with Crippen LogP contribution in [0.25, 0.3) is 11.0 Å². The molecule has 72 valence electrons. The lowest BCUT2D eigenvalue weighted by Crippen LogP contribution is -2.01.